The van der Waals surface area contributed by atoms with Gasteiger partial charge in [0.2, 0.25) is 0 Å². The van der Waals surface area contributed by atoms with E-state index in [4.69, 9.17) is 16.3 Å². The molecule has 0 amide bonds. The second-order valence-corrected chi connectivity index (χ2v) is 5.42. The summed E-state index contributed by atoms with van der Waals surface area (Å²) < 4.78 is 5.68. The van der Waals surface area contributed by atoms with Crippen molar-refractivity contribution in [3.63, 3.8) is 0 Å². The highest BCUT2D eigenvalue weighted by molar-refractivity contribution is 6.29. The second kappa shape index (κ2) is 4.82. The van der Waals surface area contributed by atoms with Crippen LogP contribution in [0.15, 0.2) is 30.3 Å². The quantitative estimate of drug-likeness (QED) is 0.782. The van der Waals surface area contributed by atoms with Gasteiger partial charge in [-0.05, 0) is 18.1 Å². The standard InChI is InChI=1S/C15H15ClN2O/c1-9(2)12-7-14(16)18-15(17-12)11-8-19-13-6-4-3-5-10(11)13/h3-7,9,11H,8H2,1-2H3. The maximum Gasteiger partial charge on any atom is 0.141 e. The second-order valence-electron chi connectivity index (χ2n) is 5.03. The van der Waals surface area contributed by atoms with Gasteiger partial charge in [0.25, 0.3) is 0 Å². The Morgan fingerprint density at radius 1 is 1.26 bits per heavy atom. The molecule has 1 unspecified atom stereocenters. The molecule has 0 aliphatic carbocycles. The third kappa shape index (κ3) is 2.30. The average molecular weight is 275 g/mol. The molecule has 3 nitrogen and oxygen atoms in total. The summed E-state index contributed by atoms with van der Waals surface area (Å²) in [5.74, 6) is 2.08. The zero-order chi connectivity index (χ0) is 13.4. The number of nitrogens with zero attached hydrogens (tertiary/aromatic N) is 2. The van der Waals surface area contributed by atoms with E-state index in [0.717, 1.165) is 22.8 Å². The first-order chi connectivity index (χ1) is 9.15. The van der Waals surface area contributed by atoms with Crippen LogP contribution in [0.4, 0.5) is 0 Å². The van der Waals surface area contributed by atoms with Crippen LogP contribution in [0.3, 0.4) is 0 Å². The summed E-state index contributed by atoms with van der Waals surface area (Å²) in [7, 11) is 0. The van der Waals surface area contributed by atoms with Crippen molar-refractivity contribution < 1.29 is 4.74 Å². The summed E-state index contributed by atoms with van der Waals surface area (Å²) in [5, 5.41) is 0.498. The summed E-state index contributed by atoms with van der Waals surface area (Å²) in [5.41, 5.74) is 2.11. The van der Waals surface area contributed by atoms with E-state index in [9.17, 15) is 0 Å². The number of aromatic nitrogens is 2. The SMILES string of the molecule is CC(C)c1cc(Cl)nc(C2COc3ccccc32)n1. The highest BCUT2D eigenvalue weighted by atomic mass is 35.5. The number of benzene rings is 1. The summed E-state index contributed by atoms with van der Waals surface area (Å²) in [6.07, 6.45) is 0. The van der Waals surface area contributed by atoms with E-state index in [0.29, 0.717) is 17.7 Å². The Bertz CT molecular complexity index is 613. The Hall–Kier alpha value is -1.61. The first-order valence-electron chi connectivity index (χ1n) is 6.41. The van der Waals surface area contributed by atoms with Crippen molar-refractivity contribution in [3.05, 3.63) is 52.6 Å². The number of rotatable bonds is 2. The Labute approximate surface area is 117 Å². The van der Waals surface area contributed by atoms with Gasteiger partial charge in [-0.1, -0.05) is 43.6 Å². The first kappa shape index (κ1) is 12.4. The summed E-state index contributed by atoms with van der Waals surface area (Å²) in [6, 6.07) is 9.85. The van der Waals surface area contributed by atoms with Crippen LogP contribution in [0, 0.1) is 0 Å². The fourth-order valence-corrected chi connectivity index (χ4v) is 2.48. The summed E-state index contributed by atoms with van der Waals surface area (Å²) in [6.45, 7) is 4.78. The van der Waals surface area contributed by atoms with E-state index in [1.807, 2.05) is 24.3 Å². The molecule has 3 rings (SSSR count). The minimum atomic E-state index is 0.0763. The molecule has 0 spiro atoms. The Morgan fingerprint density at radius 3 is 2.84 bits per heavy atom. The molecule has 1 atom stereocenters. The van der Waals surface area contributed by atoms with Crippen LogP contribution >= 0.6 is 11.6 Å². The molecule has 0 saturated carbocycles. The largest absolute Gasteiger partial charge is 0.492 e. The predicted molar refractivity (Wildman–Crippen MR) is 74.9 cm³/mol. The monoisotopic (exact) mass is 274 g/mol. The fraction of sp³-hybridized carbons (Fsp3) is 0.333. The molecule has 0 fully saturated rings. The van der Waals surface area contributed by atoms with Gasteiger partial charge >= 0.3 is 0 Å². The summed E-state index contributed by atoms with van der Waals surface area (Å²) >= 11 is 6.11. The van der Waals surface area contributed by atoms with Crippen LogP contribution in [-0.2, 0) is 0 Å². The third-order valence-electron chi connectivity index (χ3n) is 3.34. The lowest BCUT2D eigenvalue weighted by molar-refractivity contribution is 0.339. The minimum absolute atomic E-state index is 0.0763. The molecule has 98 valence electrons. The molecule has 1 aliphatic rings. The molecule has 0 bridgehead atoms. The van der Waals surface area contributed by atoms with Gasteiger partial charge in [-0.2, -0.15) is 0 Å². The third-order valence-corrected chi connectivity index (χ3v) is 3.53. The normalized spacial score (nSPS) is 17.4. The van der Waals surface area contributed by atoms with Gasteiger partial charge in [-0.15, -0.1) is 0 Å². The predicted octanol–water partition coefficient (Wildman–Crippen LogP) is 3.78. The van der Waals surface area contributed by atoms with Gasteiger partial charge in [0.05, 0.1) is 5.92 Å². The molecule has 1 aliphatic heterocycles. The van der Waals surface area contributed by atoms with Crippen molar-refractivity contribution >= 4 is 11.6 Å². The van der Waals surface area contributed by atoms with E-state index in [1.54, 1.807) is 0 Å². The number of ether oxygens (including phenoxy) is 1. The number of fused-ring (bicyclic) bond motifs is 1. The maximum atomic E-state index is 6.11. The van der Waals surface area contributed by atoms with E-state index in [1.165, 1.54) is 0 Å². The van der Waals surface area contributed by atoms with Crippen LogP contribution in [0.25, 0.3) is 0 Å². The zero-order valence-electron chi connectivity index (χ0n) is 10.9. The lowest BCUT2D eigenvalue weighted by Gasteiger charge is -2.11. The van der Waals surface area contributed by atoms with E-state index >= 15 is 0 Å². The topological polar surface area (TPSA) is 35.0 Å². The van der Waals surface area contributed by atoms with Gasteiger partial charge in [0.1, 0.15) is 23.3 Å². The van der Waals surface area contributed by atoms with Crippen molar-refractivity contribution in [2.75, 3.05) is 6.61 Å². The smallest absolute Gasteiger partial charge is 0.141 e. The van der Waals surface area contributed by atoms with Crippen LogP contribution < -0.4 is 4.74 Å². The molecule has 4 heteroatoms. The van der Waals surface area contributed by atoms with Gasteiger partial charge < -0.3 is 4.74 Å². The Balaban J connectivity index is 2.04. The van der Waals surface area contributed by atoms with Crippen LogP contribution in [0.1, 0.15) is 42.8 Å². The van der Waals surface area contributed by atoms with E-state index in [-0.39, 0.29) is 5.92 Å². The lowest BCUT2D eigenvalue weighted by Crippen LogP contribution is -2.10. The van der Waals surface area contributed by atoms with Crippen molar-refractivity contribution in [2.24, 2.45) is 0 Å². The van der Waals surface area contributed by atoms with Crippen molar-refractivity contribution in [1.29, 1.82) is 0 Å². The number of hydrogen-bond donors (Lipinski definition) is 0. The van der Waals surface area contributed by atoms with Gasteiger partial charge in [-0.25, -0.2) is 9.97 Å². The molecule has 0 saturated heterocycles. The van der Waals surface area contributed by atoms with E-state index < -0.39 is 0 Å². The molecule has 2 aromatic rings. The molecular weight excluding hydrogens is 260 g/mol. The first-order valence-corrected chi connectivity index (χ1v) is 6.79. The average Bonchev–Trinajstić information content (AvgIpc) is 2.81. The van der Waals surface area contributed by atoms with Crippen LogP contribution in [0.5, 0.6) is 5.75 Å². The molecule has 2 heterocycles. The molecular formula is C15H15ClN2O. The van der Waals surface area contributed by atoms with Crippen molar-refractivity contribution in [1.82, 2.24) is 9.97 Å². The molecule has 0 radical (unpaired) electrons. The fourth-order valence-electron chi connectivity index (χ4n) is 2.28. The number of halogens is 1. The highest BCUT2D eigenvalue weighted by Gasteiger charge is 2.28. The van der Waals surface area contributed by atoms with E-state index in [2.05, 4.69) is 29.9 Å². The summed E-state index contributed by atoms with van der Waals surface area (Å²) in [4.78, 5) is 9.01. The zero-order valence-corrected chi connectivity index (χ0v) is 11.7. The van der Waals surface area contributed by atoms with Crippen LogP contribution in [0.2, 0.25) is 5.15 Å². The molecule has 0 N–H and O–H groups in total. The highest BCUT2D eigenvalue weighted by Crippen LogP contribution is 2.37. The van der Waals surface area contributed by atoms with Crippen molar-refractivity contribution in [3.8, 4) is 5.75 Å². The number of hydrogen-bond acceptors (Lipinski definition) is 3. The van der Waals surface area contributed by atoms with Crippen LogP contribution in [-0.4, -0.2) is 16.6 Å². The molecule has 19 heavy (non-hydrogen) atoms. The molecule has 1 aromatic carbocycles. The van der Waals surface area contributed by atoms with Gasteiger partial charge in [-0.3, -0.25) is 0 Å². The van der Waals surface area contributed by atoms with Gasteiger partial charge in [0.15, 0.2) is 0 Å². The minimum Gasteiger partial charge on any atom is -0.492 e. The lowest BCUT2D eigenvalue weighted by atomic mass is 10.00. The van der Waals surface area contributed by atoms with Gasteiger partial charge in [0, 0.05) is 11.3 Å². The molecule has 1 aromatic heterocycles. The van der Waals surface area contributed by atoms with Crippen molar-refractivity contribution in [2.45, 2.75) is 25.7 Å². The Morgan fingerprint density at radius 2 is 2.05 bits per heavy atom. The Kier molecular flexibility index (Phi) is 3.15. The maximum absolute atomic E-state index is 6.11. The number of para-hydroxylation sites is 1.